The maximum absolute atomic E-state index is 12.5. The Labute approximate surface area is 146 Å². The van der Waals surface area contributed by atoms with Gasteiger partial charge in [0.2, 0.25) is 0 Å². The van der Waals surface area contributed by atoms with Gasteiger partial charge in [-0.15, -0.1) is 0 Å². The van der Waals surface area contributed by atoms with Crippen molar-refractivity contribution in [2.75, 3.05) is 31.2 Å². The number of nitrogens with one attached hydrogen (secondary N) is 1. The summed E-state index contributed by atoms with van der Waals surface area (Å²) in [5, 5.41) is 2.87. The molecule has 1 aromatic carbocycles. The van der Waals surface area contributed by atoms with E-state index in [4.69, 9.17) is 9.47 Å². The van der Waals surface area contributed by atoms with Crippen molar-refractivity contribution in [3.63, 3.8) is 0 Å². The van der Waals surface area contributed by atoms with Crippen molar-refractivity contribution in [1.29, 1.82) is 0 Å². The minimum absolute atomic E-state index is 0.225. The maximum Gasteiger partial charge on any atom is 0.255 e. The first-order valence-electron chi connectivity index (χ1n) is 8.55. The van der Waals surface area contributed by atoms with Crippen molar-refractivity contribution in [2.24, 2.45) is 0 Å². The molecule has 0 atom stereocenters. The van der Waals surface area contributed by atoms with Crippen LogP contribution in [0.25, 0.3) is 0 Å². The van der Waals surface area contributed by atoms with Gasteiger partial charge in [0.25, 0.3) is 5.91 Å². The number of rotatable bonds is 4. The van der Waals surface area contributed by atoms with E-state index in [0.29, 0.717) is 36.1 Å². The zero-order valence-corrected chi connectivity index (χ0v) is 13.9. The maximum atomic E-state index is 12.5. The van der Waals surface area contributed by atoms with Crippen molar-refractivity contribution in [3.8, 4) is 11.5 Å². The normalized spacial score (nSPS) is 15.9. The molecule has 0 spiro atoms. The van der Waals surface area contributed by atoms with Crippen LogP contribution in [0.5, 0.6) is 11.5 Å². The van der Waals surface area contributed by atoms with E-state index in [9.17, 15) is 4.79 Å². The second-order valence-electron chi connectivity index (χ2n) is 6.04. The molecule has 2 aliphatic heterocycles. The van der Waals surface area contributed by atoms with Crippen LogP contribution in [0.15, 0.2) is 30.5 Å². The Morgan fingerprint density at radius 2 is 2.00 bits per heavy atom. The summed E-state index contributed by atoms with van der Waals surface area (Å²) in [5.74, 6) is 2.40. The van der Waals surface area contributed by atoms with Crippen LogP contribution in [0.4, 0.5) is 5.82 Å². The number of amides is 1. The van der Waals surface area contributed by atoms with Gasteiger partial charge in [-0.25, -0.2) is 9.97 Å². The fraction of sp³-hybridized carbons (Fsp3) is 0.389. The van der Waals surface area contributed by atoms with Gasteiger partial charge in [0, 0.05) is 19.3 Å². The molecule has 1 aromatic heterocycles. The molecule has 1 fully saturated rings. The lowest BCUT2D eigenvalue weighted by Crippen LogP contribution is -2.27. The number of para-hydroxylation sites is 1. The number of hydrogen-bond donors (Lipinski definition) is 1. The molecular weight excluding hydrogens is 320 g/mol. The fourth-order valence-corrected chi connectivity index (χ4v) is 3.10. The van der Waals surface area contributed by atoms with E-state index in [-0.39, 0.29) is 12.5 Å². The summed E-state index contributed by atoms with van der Waals surface area (Å²) in [6.45, 7) is 3.26. The molecule has 1 N–H and O–H groups in total. The standard InChI is InChI=1S/C18H20N4O3/c23-18(13-4-3-5-14-17(13)25-11-10-24-14)20-12-15-19-7-6-16(21-15)22-8-1-2-9-22/h3-7H,1-2,8-12H2,(H,20,23). The molecule has 4 rings (SSSR count). The molecule has 2 aromatic rings. The molecule has 7 nitrogen and oxygen atoms in total. The van der Waals surface area contributed by atoms with Crippen molar-refractivity contribution < 1.29 is 14.3 Å². The van der Waals surface area contributed by atoms with Crippen LogP contribution in [0.3, 0.4) is 0 Å². The van der Waals surface area contributed by atoms with Crippen LogP contribution in [0.1, 0.15) is 29.0 Å². The lowest BCUT2D eigenvalue weighted by Gasteiger charge is -2.20. The average molecular weight is 340 g/mol. The lowest BCUT2D eigenvalue weighted by molar-refractivity contribution is 0.0938. The van der Waals surface area contributed by atoms with Crippen molar-refractivity contribution >= 4 is 11.7 Å². The smallest absolute Gasteiger partial charge is 0.255 e. The van der Waals surface area contributed by atoms with E-state index in [1.54, 1.807) is 24.4 Å². The van der Waals surface area contributed by atoms with Gasteiger partial charge in [0.1, 0.15) is 24.9 Å². The van der Waals surface area contributed by atoms with E-state index in [2.05, 4.69) is 20.2 Å². The highest BCUT2D eigenvalue weighted by Gasteiger charge is 2.20. The summed E-state index contributed by atoms with van der Waals surface area (Å²) in [6.07, 6.45) is 4.12. The van der Waals surface area contributed by atoms with Gasteiger partial charge >= 0.3 is 0 Å². The monoisotopic (exact) mass is 340 g/mol. The Kier molecular flexibility index (Phi) is 4.37. The Hall–Kier alpha value is -2.83. The highest BCUT2D eigenvalue weighted by molar-refractivity contribution is 5.97. The SMILES string of the molecule is O=C(NCc1nccc(N2CCCC2)n1)c1cccc2c1OCCO2. The van der Waals surface area contributed by atoms with Crippen LogP contribution in [-0.2, 0) is 6.54 Å². The molecule has 7 heteroatoms. The Morgan fingerprint density at radius 1 is 1.16 bits per heavy atom. The first-order chi connectivity index (χ1) is 12.3. The first-order valence-corrected chi connectivity index (χ1v) is 8.55. The molecule has 1 amide bonds. The third kappa shape index (κ3) is 3.35. The number of hydrogen-bond acceptors (Lipinski definition) is 6. The zero-order valence-electron chi connectivity index (χ0n) is 13.9. The molecule has 0 unspecified atom stereocenters. The molecule has 1 saturated heterocycles. The third-order valence-corrected chi connectivity index (χ3v) is 4.34. The number of nitrogens with zero attached hydrogens (tertiary/aromatic N) is 3. The molecule has 2 aliphatic rings. The molecule has 3 heterocycles. The summed E-state index contributed by atoms with van der Waals surface area (Å²) in [4.78, 5) is 23.6. The number of benzene rings is 1. The molecule has 0 radical (unpaired) electrons. The van der Waals surface area contributed by atoms with E-state index in [1.165, 1.54) is 12.8 Å². The van der Waals surface area contributed by atoms with Crippen LogP contribution in [0.2, 0.25) is 0 Å². The van der Waals surface area contributed by atoms with Gasteiger partial charge in [-0.05, 0) is 31.0 Å². The molecule has 0 bridgehead atoms. The second kappa shape index (κ2) is 6.96. The average Bonchev–Trinajstić information content (AvgIpc) is 3.21. The first kappa shape index (κ1) is 15.7. The third-order valence-electron chi connectivity index (χ3n) is 4.34. The summed E-state index contributed by atoms with van der Waals surface area (Å²) in [6, 6.07) is 7.22. The summed E-state index contributed by atoms with van der Waals surface area (Å²) in [5.41, 5.74) is 0.466. The van der Waals surface area contributed by atoms with Gasteiger partial charge in [-0.3, -0.25) is 4.79 Å². The number of anilines is 1. The van der Waals surface area contributed by atoms with Gasteiger partial charge in [-0.1, -0.05) is 6.07 Å². The van der Waals surface area contributed by atoms with E-state index in [1.807, 2.05) is 6.07 Å². The largest absolute Gasteiger partial charge is 0.486 e. The molecule has 0 saturated carbocycles. The van der Waals surface area contributed by atoms with Crippen LogP contribution in [0, 0.1) is 0 Å². The highest BCUT2D eigenvalue weighted by atomic mass is 16.6. The van der Waals surface area contributed by atoms with Crippen molar-refractivity contribution in [3.05, 3.63) is 41.9 Å². The van der Waals surface area contributed by atoms with Gasteiger partial charge in [0.15, 0.2) is 11.5 Å². The zero-order chi connectivity index (χ0) is 17.1. The van der Waals surface area contributed by atoms with Crippen LogP contribution in [-0.4, -0.2) is 42.2 Å². The predicted molar refractivity (Wildman–Crippen MR) is 92.1 cm³/mol. The lowest BCUT2D eigenvalue weighted by atomic mass is 10.1. The number of ether oxygens (including phenoxy) is 2. The fourth-order valence-electron chi connectivity index (χ4n) is 3.10. The van der Waals surface area contributed by atoms with Gasteiger partial charge in [0.05, 0.1) is 12.1 Å². The molecular formula is C18H20N4O3. The topological polar surface area (TPSA) is 76.6 Å². The number of aromatic nitrogens is 2. The second-order valence-corrected chi connectivity index (χ2v) is 6.04. The highest BCUT2D eigenvalue weighted by Crippen LogP contribution is 2.33. The summed E-state index contributed by atoms with van der Waals surface area (Å²) in [7, 11) is 0. The summed E-state index contributed by atoms with van der Waals surface area (Å²) < 4.78 is 11.1. The number of carbonyl (C=O) groups excluding carboxylic acids is 1. The van der Waals surface area contributed by atoms with Gasteiger partial charge < -0.3 is 19.7 Å². The molecule has 130 valence electrons. The molecule has 0 aliphatic carbocycles. The number of fused-ring (bicyclic) bond motifs is 1. The molecule has 25 heavy (non-hydrogen) atoms. The van der Waals surface area contributed by atoms with Gasteiger partial charge in [-0.2, -0.15) is 0 Å². The van der Waals surface area contributed by atoms with E-state index < -0.39 is 0 Å². The van der Waals surface area contributed by atoms with Crippen molar-refractivity contribution in [1.82, 2.24) is 15.3 Å². The van der Waals surface area contributed by atoms with E-state index >= 15 is 0 Å². The van der Waals surface area contributed by atoms with E-state index in [0.717, 1.165) is 18.9 Å². The Balaban J connectivity index is 1.45. The Bertz CT molecular complexity index is 775. The quantitative estimate of drug-likeness (QED) is 0.914. The Morgan fingerprint density at radius 3 is 2.88 bits per heavy atom. The number of carbonyl (C=O) groups is 1. The minimum atomic E-state index is -0.225. The summed E-state index contributed by atoms with van der Waals surface area (Å²) >= 11 is 0. The van der Waals surface area contributed by atoms with Crippen molar-refractivity contribution in [2.45, 2.75) is 19.4 Å². The van der Waals surface area contributed by atoms with Crippen LogP contribution < -0.4 is 19.7 Å². The minimum Gasteiger partial charge on any atom is -0.486 e. The predicted octanol–water partition coefficient (Wildman–Crippen LogP) is 1.78. The van der Waals surface area contributed by atoms with Crippen LogP contribution >= 0.6 is 0 Å².